The van der Waals surface area contributed by atoms with Gasteiger partial charge in [0.05, 0.1) is 11.0 Å². The van der Waals surface area contributed by atoms with Crippen molar-refractivity contribution in [2.24, 2.45) is 17.1 Å². The Labute approximate surface area is 121 Å². The molecule has 3 nitrogen and oxygen atoms in total. The van der Waals surface area contributed by atoms with Gasteiger partial charge in [-0.3, -0.25) is 0 Å². The molecule has 0 spiro atoms. The lowest BCUT2D eigenvalue weighted by Crippen LogP contribution is -2.27. The molecule has 108 valence electrons. The molecule has 0 aliphatic heterocycles. The normalized spacial score (nSPS) is 25.4. The van der Waals surface area contributed by atoms with Gasteiger partial charge in [-0.1, -0.05) is 32.9 Å². The van der Waals surface area contributed by atoms with E-state index in [4.69, 9.17) is 10.7 Å². The van der Waals surface area contributed by atoms with Gasteiger partial charge in [0.1, 0.15) is 5.82 Å². The highest BCUT2D eigenvalue weighted by Gasteiger charge is 2.42. The number of hydrogen-bond acceptors (Lipinski definition) is 2. The minimum atomic E-state index is 0.312. The lowest BCUT2D eigenvalue weighted by Gasteiger charge is -2.33. The zero-order chi connectivity index (χ0) is 14.3. The van der Waals surface area contributed by atoms with Crippen LogP contribution in [0.2, 0.25) is 0 Å². The molecule has 2 N–H and O–H groups in total. The smallest absolute Gasteiger partial charge is 0.111 e. The minimum absolute atomic E-state index is 0.312. The third-order valence-corrected chi connectivity index (χ3v) is 5.35. The van der Waals surface area contributed by atoms with Gasteiger partial charge in [0.25, 0.3) is 0 Å². The Morgan fingerprint density at radius 3 is 2.70 bits per heavy atom. The molecule has 0 bridgehead atoms. The van der Waals surface area contributed by atoms with Crippen LogP contribution in [0.3, 0.4) is 0 Å². The maximum Gasteiger partial charge on any atom is 0.111 e. The molecule has 0 radical (unpaired) electrons. The Morgan fingerprint density at radius 2 is 2.05 bits per heavy atom. The lowest BCUT2D eigenvalue weighted by molar-refractivity contribution is 0.201. The van der Waals surface area contributed by atoms with Crippen molar-refractivity contribution in [2.45, 2.75) is 46.1 Å². The highest BCUT2D eigenvalue weighted by Crippen LogP contribution is 2.51. The molecular weight excluding hydrogens is 246 g/mol. The number of para-hydroxylation sites is 2. The van der Waals surface area contributed by atoms with Gasteiger partial charge in [0, 0.05) is 12.5 Å². The zero-order valence-corrected chi connectivity index (χ0v) is 12.8. The largest absolute Gasteiger partial charge is 0.330 e. The summed E-state index contributed by atoms with van der Waals surface area (Å²) in [5.74, 6) is 1.90. The van der Waals surface area contributed by atoms with Crippen LogP contribution in [0.1, 0.15) is 45.5 Å². The Bertz CT molecular complexity index is 612. The third-order valence-electron chi connectivity index (χ3n) is 5.35. The maximum absolute atomic E-state index is 5.79. The molecule has 1 fully saturated rings. The van der Waals surface area contributed by atoms with Crippen molar-refractivity contribution >= 4 is 11.0 Å². The third kappa shape index (κ3) is 1.96. The van der Waals surface area contributed by atoms with E-state index in [0.717, 1.165) is 23.7 Å². The Kier molecular flexibility index (Phi) is 3.33. The predicted octanol–water partition coefficient (Wildman–Crippen LogP) is 3.53. The first kappa shape index (κ1) is 13.6. The van der Waals surface area contributed by atoms with Crippen molar-refractivity contribution in [3.05, 3.63) is 30.1 Å². The van der Waals surface area contributed by atoms with Gasteiger partial charge in [0.2, 0.25) is 0 Å². The molecule has 1 heterocycles. The van der Waals surface area contributed by atoms with E-state index < -0.39 is 0 Å². The van der Waals surface area contributed by atoms with Gasteiger partial charge >= 0.3 is 0 Å². The minimum Gasteiger partial charge on any atom is -0.330 e. The molecule has 2 unspecified atom stereocenters. The summed E-state index contributed by atoms with van der Waals surface area (Å²) in [6.45, 7) is 7.83. The van der Waals surface area contributed by atoms with E-state index in [-0.39, 0.29) is 0 Å². The van der Waals surface area contributed by atoms with E-state index in [0.29, 0.717) is 18.0 Å². The SMILES string of the molecule is CC1CCC(n2c(CCN)nc3ccccc32)C1(C)C. The first-order valence-corrected chi connectivity index (χ1v) is 7.71. The van der Waals surface area contributed by atoms with Crippen molar-refractivity contribution in [3.8, 4) is 0 Å². The van der Waals surface area contributed by atoms with Gasteiger partial charge in [0.15, 0.2) is 0 Å². The van der Waals surface area contributed by atoms with E-state index in [1.54, 1.807) is 0 Å². The average Bonchev–Trinajstić information content (AvgIpc) is 2.89. The van der Waals surface area contributed by atoms with Crippen LogP contribution in [0, 0.1) is 11.3 Å². The molecule has 1 aromatic heterocycles. The molecule has 20 heavy (non-hydrogen) atoms. The fourth-order valence-electron chi connectivity index (χ4n) is 3.69. The second-order valence-electron chi connectivity index (χ2n) is 6.74. The Morgan fingerprint density at radius 1 is 1.30 bits per heavy atom. The van der Waals surface area contributed by atoms with Crippen LogP contribution in [0.4, 0.5) is 0 Å². The molecule has 2 aromatic rings. The number of fused-ring (bicyclic) bond motifs is 1. The first-order chi connectivity index (χ1) is 9.55. The van der Waals surface area contributed by atoms with Crippen LogP contribution < -0.4 is 5.73 Å². The number of nitrogens with zero attached hydrogens (tertiary/aromatic N) is 2. The molecule has 2 atom stereocenters. The summed E-state index contributed by atoms with van der Waals surface area (Å²) in [6.07, 6.45) is 3.40. The molecule has 3 rings (SSSR count). The summed E-state index contributed by atoms with van der Waals surface area (Å²) in [7, 11) is 0. The average molecular weight is 271 g/mol. The summed E-state index contributed by atoms with van der Waals surface area (Å²) in [4.78, 5) is 4.82. The zero-order valence-electron chi connectivity index (χ0n) is 12.8. The lowest BCUT2D eigenvalue weighted by atomic mass is 9.80. The highest BCUT2D eigenvalue weighted by atomic mass is 15.1. The summed E-state index contributed by atoms with van der Waals surface area (Å²) in [5, 5.41) is 0. The Balaban J connectivity index is 2.16. The van der Waals surface area contributed by atoms with Crippen LogP contribution >= 0.6 is 0 Å². The molecule has 1 aliphatic carbocycles. The quantitative estimate of drug-likeness (QED) is 0.928. The van der Waals surface area contributed by atoms with Crippen molar-refractivity contribution in [1.82, 2.24) is 9.55 Å². The Hall–Kier alpha value is -1.35. The standard InChI is InChI=1S/C17H25N3/c1-12-8-9-15(17(12,2)3)20-14-7-5-4-6-13(14)19-16(20)10-11-18/h4-7,12,15H,8-11,18H2,1-3H3. The fraction of sp³-hybridized carbons (Fsp3) is 0.588. The van der Waals surface area contributed by atoms with Gasteiger partial charge < -0.3 is 10.3 Å². The van der Waals surface area contributed by atoms with Gasteiger partial charge in [-0.15, -0.1) is 0 Å². The summed E-state index contributed by atoms with van der Waals surface area (Å²) in [6, 6.07) is 9.01. The molecule has 0 amide bonds. The summed E-state index contributed by atoms with van der Waals surface area (Å²) >= 11 is 0. The number of benzene rings is 1. The van der Waals surface area contributed by atoms with E-state index >= 15 is 0 Å². The van der Waals surface area contributed by atoms with Crippen molar-refractivity contribution < 1.29 is 0 Å². The van der Waals surface area contributed by atoms with Gasteiger partial charge in [-0.25, -0.2) is 4.98 Å². The van der Waals surface area contributed by atoms with E-state index in [2.05, 4.69) is 49.6 Å². The molecular formula is C17H25N3. The predicted molar refractivity (Wildman–Crippen MR) is 83.7 cm³/mol. The molecule has 1 aromatic carbocycles. The second kappa shape index (κ2) is 4.88. The van der Waals surface area contributed by atoms with E-state index in [1.807, 2.05) is 0 Å². The molecule has 1 saturated carbocycles. The number of rotatable bonds is 3. The van der Waals surface area contributed by atoms with Crippen LogP contribution in [0.5, 0.6) is 0 Å². The summed E-state index contributed by atoms with van der Waals surface area (Å²) in [5.41, 5.74) is 8.47. The van der Waals surface area contributed by atoms with Gasteiger partial charge in [-0.2, -0.15) is 0 Å². The van der Waals surface area contributed by atoms with Crippen molar-refractivity contribution in [1.29, 1.82) is 0 Å². The maximum atomic E-state index is 5.79. The van der Waals surface area contributed by atoms with Crippen LogP contribution in [-0.4, -0.2) is 16.1 Å². The van der Waals surface area contributed by atoms with Crippen LogP contribution in [0.15, 0.2) is 24.3 Å². The number of imidazole rings is 1. The number of aromatic nitrogens is 2. The van der Waals surface area contributed by atoms with Gasteiger partial charge in [-0.05, 0) is 42.9 Å². The highest BCUT2D eigenvalue weighted by molar-refractivity contribution is 5.76. The van der Waals surface area contributed by atoms with E-state index in [1.165, 1.54) is 18.4 Å². The molecule has 3 heteroatoms. The second-order valence-corrected chi connectivity index (χ2v) is 6.74. The van der Waals surface area contributed by atoms with Crippen molar-refractivity contribution in [2.75, 3.05) is 6.54 Å². The monoisotopic (exact) mass is 271 g/mol. The molecule has 0 saturated heterocycles. The van der Waals surface area contributed by atoms with E-state index in [9.17, 15) is 0 Å². The fourth-order valence-corrected chi connectivity index (χ4v) is 3.69. The summed E-state index contributed by atoms with van der Waals surface area (Å²) < 4.78 is 2.48. The van der Waals surface area contributed by atoms with Crippen molar-refractivity contribution in [3.63, 3.8) is 0 Å². The number of hydrogen-bond donors (Lipinski definition) is 1. The number of nitrogens with two attached hydrogens (primary N) is 1. The topological polar surface area (TPSA) is 43.8 Å². The van der Waals surface area contributed by atoms with Crippen LogP contribution in [-0.2, 0) is 6.42 Å². The molecule has 1 aliphatic rings. The van der Waals surface area contributed by atoms with Crippen LogP contribution in [0.25, 0.3) is 11.0 Å². The first-order valence-electron chi connectivity index (χ1n) is 7.71.